The number of para-hydroxylation sites is 1. The lowest BCUT2D eigenvalue weighted by Gasteiger charge is -2.46. The summed E-state index contributed by atoms with van der Waals surface area (Å²) in [6.07, 6.45) is 0. The topological polar surface area (TPSA) is 6.48 Å². The van der Waals surface area contributed by atoms with E-state index in [9.17, 15) is 0 Å². The van der Waals surface area contributed by atoms with Gasteiger partial charge in [-0.1, -0.05) is 223 Å². The first-order chi connectivity index (χ1) is 32.7. The van der Waals surface area contributed by atoms with Gasteiger partial charge in [-0.25, -0.2) is 0 Å². The fourth-order valence-electron chi connectivity index (χ4n) is 11.4. The Bertz CT molecular complexity index is 3090. The van der Waals surface area contributed by atoms with Crippen LogP contribution >= 0.6 is 0 Å². The molecule has 8 aromatic carbocycles. The summed E-state index contributed by atoms with van der Waals surface area (Å²) in [6, 6.07) is 70.8. The fourth-order valence-corrected chi connectivity index (χ4v) is 16.1. The average Bonchev–Trinajstić information content (AvgIpc) is 3.31. The van der Waals surface area contributed by atoms with Crippen molar-refractivity contribution < 1.29 is 0 Å². The number of fused-ring (bicyclic) bond motifs is 4. The molecule has 0 saturated heterocycles. The number of aryl methyl sites for hydroxylation is 1. The molecule has 2 nitrogen and oxygen atoms in total. The van der Waals surface area contributed by atoms with E-state index in [4.69, 9.17) is 0 Å². The van der Waals surface area contributed by atoms with E-state index >= 15 is 0 Å². The lowest BCUT2D eigenvalue weighted by Crippen LogP contribution is -2.75. The van der Waals surface area contributed by atoms with Gasteiger partial charge in [0.05, 0.1) is 0 Å². The molecule has 0 amide bonds. The molecule has 2 aliphatic rings. The van der Waals surface area contributed by atoms with E-state index in [1.165, 1.54) is 99.1 Å². The Morgan fingerprint density at radius 2 is 0.797 bits per heavy atom. The van der Waals surface area contributed by atoms with Crippen LogP contribution in [0.15, 0.2) is 182 Å². The first-order valence-electron chi connectivity index (χ1n) is 25.1. The quantitative estimate of drug-likeness (QED) is 0.121. The van der Waals surface area contributed by atoms with Gasteiger partial charge in [0.15, 0.2) is 8.07 Å². The first kappa shape index (κ1) is 46.4. The third kappa shape index (κ3) is 7.90. The van der Waals surface area contributed by atoms with Gasteiger partial charge in [0.25, 0.3) is 6.71 Å². The van der Waals surface area contributed by atoms with Gasteiger partial charge in [-0.15, -0.1) is 0 Å². The first-order valence-corrected chi connectivity index (χ1v) is 27.1. The Kier molecular flexibility index (Phi) is 11.2. The summed E-state index contributed by atoms with van der Waals surface area (Å²) in [7, 11) is -2.92. The molecule has 0 aromatic heterocycles. The van der Waals surface area contributed by atoms with E-state index in [0.29, 0.717) is 0 Å². The van der Waals surface area contributed by atoms with E-state index in [0.717, 1.165) is 0 Å². The minimum absolute atomic E-state index is 0.0425. The zero-order valence-electron chi connectivity index (χ0n) is 43.3. The lowest BCUT2D eigenvalue weighted by atomic mass is 9.33. The molecule has 0 aliphatic carbocycles. The summed E-state index contributed by atoms with van der Waals surface area (Å²) in [4.78, 5) is 5.27. The Hall–Kier alpha value is -6.36. The molecule has 8 aromatic rings. The zero-order valence-corrected chi connectivity index (χ0v) is 44.3. The van der Waals surface area contributed by atoms with Crippen molar-refractivity contribution in [3.05, 3.63) is 210 Å². The summed E-state index contributed by atoms with van der Waals surface area (Å²) in [5.41, 5.74) is 17.9. The Morgan fingerprint density at radius 1 is 0.348 bits per heavy atom. The molecule has 69 heavy (non-hydrogen) atoms. The zero-order chi connectivity index (χ0) is 48.8. The van der Waals surface area contributed by atoms with E-state index in [1.54, 1.807) is 0 Å². The molecule has 0 atom stereocenters. The predicted octanol–water partition coefficient (Wildman–Crippen LogP) is 12.6. The van der Waals surface area contributed by atoms with Crippen LogP contribution in [0.25, 0.3) is 0 Å². The summed E-state index contributed by atoms with van der Waals surface area (Å²) in [6.45, 7) is 30.5. The van der Waals surface area contributed by atoms with Gasteiger partial charge in [-0.05, 0) is 136 Å². The molecule has 0 saturated carbocycles. The van der Waals surface area contributed by atoms with Gasteiger partial charge in [-0.3, -0.25) is 0 Å². The second-order valence-corrected chi connectivity index (χ2v) is 27.8. The monoisotopic (exact) mass is 917 g/mol. The summed E-state index contributed by atoms with van der Waals surface area (Å²) < 4.78 is 0. The molecule has 0 bridgehead atoms. The van der Waals surface area contributed by atoms with Crippen molar-refractivity contribution in [3.8, 4) is 0 Å². The van der Waals surface area contributed by atoms with Crippen LogP contribution in [0.3, 0.4) is 0 Å². The number of benzene rings is 8. The van der Waals surface area contributed by atoms with Crippen molar-refractivity contribution in [3.63, 3.8) is 0 Å². The van der Waals surface area contributed by atoms with Gasteiger partial charge < -0.3 is 9.80 Å². The molecule has 2 aliphatic heterocycles. The normalized spacial score (nSPS) is 13.8. The Labute approximate surface area is 415 Å². The fraction of sp³-hybridized carbons (Fsp3) is 0.262. The van der Waals surface area contributed by atoms with Crippen LogP contribution in [0.4, 0.5) is 34.1 Å². The molecule has 0 spiro atoms. The van der Waals surface area contributed by atoms with Gasteiger partial charge in [0.1, 0.15) is 0 Å². The molecule has 346 valence electrons. The molecule has 0 fully saturated rings. The van der Waals surface area contributed by atoms with Crippen molar-refractivity contribution in [1.82, 2.24) is 0 Å². The van der Waals surface area contributed by atoms with Crippen molar-refractivity contribution in [1.29, 1.82) is 0 Å². The van der Waals surface area contributed by atoms with Crippen molar-refractivity contribution in [2.45, 2.75) is 112 Å². The van der Waals surface area contributed by atoms with Crippen LogP contribution in [0, 0.1) is 6.92 Å². The highest BCUT2D eigenvalue weighted by Crippen LogP contribution is 2.48. The highest BCUT2D eigenvalue weighted by Gasteiger charge is 2.47. The predicted molar refractivity (Wildman–Crippen MR) is 304 cm³/mol. The van der Waals surface area contributed by atoms with Crippen molar-refractivity contribution >= 4 is 86.0 Å². The maximum absolute atomic E-state index is 2.92. The number of anilines is 6. The third-order valence-electron chi connectivity index (χ3n) is 15.0. The van der Waals surface area contributed by atoms with E-state index in [1.807, 2.05) is 0 Å². The molecule has 0 unspecified atom stereocenters. The number of hydrogen-bond acceptors (Lipinski definition) is 2. The van der Waals surface area contributed by atoms with Crippen LogP contribution in [0.1, 0.15) is 111 Å². The second-order valence-electron chi connectivity index (χ2n) is 24.0. The highest BCUT2D eigenvalue weighted by atomic mass is 28.3. The van der Waals surface area contributed by atoms with Crippen molar-refractivity contribution in [2.75, 3.05) is 9.80 Å². The smallest absolute Gasteiger partial charge is 0.252 e. The molecular weight excluding hydrogens is 848 g/mol. The van der Waals surface area contributed by atoms with Crippen LogP contribution < -0.4 is 46.9 Å². The Morgan fingerprint density at radius 3 is 1.30 bits per heavy atom. The van der Waals surface area contributed by atoms with Crippen LogP contribution in [-0.2, 0) is 21.7 Å². The number of nitrogens with zero attached hydrogens (tertiary/aromatic N) is 2. The maximum atomic E-state index is 2.67. The number of rotatable bonds is 6. The largest absolute Gasteiger partial charge is 0.311 e. The summed E-state index contributed by atoms with van der Waals surface area (Å²) >= 11 is 0. The molecule has 10 rings (SSSR count). The molecular formula is C65H69BN2Si. The molecule has 0 N–H and O–H groups in total. The molecule has 4 heteroatoms. The Balaban J connectivity index is 1.37. The van der Waals surface area contributed by atoms with Gasteiger partial charge >= 0.3 is 0 Å². The molecule has 2 heterocycles. The SMILES string of the molecule is Cc1cc2c3c(c1)N(c1ccccc1C(C)(C)C)c1ccc([Si](c4ccccc4)(c4ccccc4)c4ccccc4)cc1B3c1cc(C(C)(C)C)ccc1N2c1cc(C(C)(C)C)cc(C(C)(C)C)c1. The van der Waals surface area contributed by atoms with E-state index < -0.39 is 8.07 Å². The van der Waals surface area contributed by atoms with E-state index in [2.05, 4.69) is 282 Å². The van der Waals surface area contributed by atoms with Crippen molar-refractivity contribution in [2.24, 2.45) is 0 Å². The van der Waals surface area contributed by atoms with Gasteiger partial charge in [0, 0.05) is 34.1 Å². The highest BCUT2D eigenvalue weighted by molar-refractivity contribution is 7.20. The van der Waals surface area contributed by atoms with Crippen LogP contribution in [-0.4, -0.2) is 14.8 Å². The maximum Gasteiger partial charge on any atom is 0.252 e. The van der Waals surface area contributed by atoms with Gasteiger partial charge in [-0.2, -0.15) is 0 Å². The summed E-state index contributed by atoms with van der Waals surface area (Å²) in [5, 5.41) is 5.52. The third-order valence-corrected chi connectivity index (χ3v) is 19.8. The minimum Gasteiger partial charge on any atom is -0.311 e. The number of hydrogen-bond donors (Lipinski definition) is 0. The lowest BCUT2D eigenvalue weighted by molar-refractivity contribution is 0.568. The van der Waals surface area contributed by atoms with Gasteiger partial charge in [0.2, 0.25) is 0 Å². The minimum atomic E-state index is -2.92. The second kappa shape index (κ2) is 16.7. The standard InChI is InChI=1S/C65H69BN2Si/c1-44-37-59-61-60(38-44)68(56-32-24-23-31-53(56)65(11,12)13)58-36-34-52(69(49-25-17-14-18-26-49,50-27-19-15-20-28-50)51-29-21-16-22-30-51)43-55(58)66(61)54-42-45(62(2,3)4)33-35-57(54)67(59)48-40-46(63(5,6)7)39-47(41-48)64(8,9)10/h14-43H,1-13H3. The average molecular weight is 917 g/mol. The van der Waals surface area contributed by atoms with Crippen LogP contribution in [0.2, 0.25) is 0 Å². The summed E-state index contributed by atoms with van der Waals surface area (Å²) in [5.74, 6) is 0. The van der Waals surface area contributed by atoms with E-state index in [-0.39, 0.29) is 28.4 Å². The van der Waals surface area contributed by atoms with Crippen LogP contribution in [0.5, 0.6) is 0 Å². The molecule has 0 radical (unpaired) electrons.